The van der Waals surface area contributed by atoms with Gasteiger partial charge in [-0.1, -0.05) is 13.8 Å². The molecule has 0 aromatic heterocycles. The number of nitrogens with two attached hydrogens (primary N) is 1. The van der Waals surface area contributed by atoms with Crippen molar-refractivity contribution in [1.82, 2.24) is 14.7 Å². The van der Waals surface area contributed by atoms with Crippen LogP contribution in [0, 0.1) is 86.3 Å². The second-order valence-electron chi connectivity index (χ2n) is 19.2. The van der Waals surface area contributed by atoms with Gasteiger partial charge in [0.25, 0.3) is 0 Å². The van der Waals surface area contributed by atoms with Gasteiger partial charge in [-0.2, -0.15) is 15.8 Å². The summed E-state index contributed by atoms with van der Waals surface area (Å²) < 4.78 is 175. The predicted molar refractivity (Wildman–Crippen MR) is 309 cm³/mol. The highest BCUT2D eigenvalue weighted by Gasteiger charge is 2.30. The molecule has 0 saturated heterocycles. The van der Waals surface area contributed by atoms with E-state index in [9.17, 15) is 66.7 Å². The predicted octanol–water partition coefficient (Wildman–Crippen LogP) is 10.1. The van der Waals surface area contributed by atoms with E-state index in [-0.39, 0.29) is 34.8 Å². The van der Waals surface area contributed by atoms with Gasteiger partial charge in [0.15, 0.2) is 67.9 Å². The van der Waals surface area contributed by atoms with Crippen LogP contribution < -0.4 is 14.6 Å². The van der Waals surface area contributed by atoms with Gasteiger partial charge in [0, 0.05) is 60.1 Å². The first kappa shape index (κ1) is 64.8. The maximum atomic E-state index is 14.6. The monoisotopic (exact) mass is 1270 g/mol. The molecule has 20 nitrogen and oxygen atoms in total. The number of rotatable bonds is 10. The summed E-state index contributed by atoms with van der Waals surface area (Å²) in [5.41, 5.74) is 1.54. The molecule has 6 aliphatic heterocycles. The molecule has 6 aromatic rings. The Morgan fingerprint density at radius 2 is 0.899 bits per heavy atom. The number of amidine groups is 3. The summed E-state index contributed by atoms with van der Waals surface area (Å²) >= 11 is 0. The minimum atomic E-state index is -3.67. The first-order valence-corrected chi connectivity index (χ1v) is 29.9. The van der Waals surface area contributed by atoms with Crippen molar-refractivity contribution >= 4 is 73.4 Å². The fourth-order valence-corrected chi connectivity index (χ4v) is 11.0. The van der Waals surface area contributed by atoms with Gasteiger partial charge in [-0.3, -0.25) is 15.0 Å². The van der Waals surface area contributed by atoms with Crippen LogP contribution >= 0.6 is 0 Å². The molecule has 6 aromatic carbocycles. The lowest BCUT2D eigenvalue weighted by atomic mass is 10.1. The van der Waals surface area contributed by atoms with Crippen LogP contribution in [0.2, 0.25) is 0 Å². The van der Waals surface area contributed by atoms with Crippen LogP contribution in [0.3, 0.4) is 0 Å². The van der Waals surface area contributed by atoms with Crippen LogP contribution in [0.1, 0.15) is 65.6 Å². The van der Waals surface area contributed by atoms with Gasteiger partial charge in [0.2, 0.25) is 10.0 Å². The van der Waals surface area contributed by atoms with E-state index in [1.807, 2.05) is 14.7 Å². The van der Waals surface area contributed by atoms with Crippen molar-refractivity contribution in [2.75, 3.05) is 50.8 Å². The number of nitriles is 3. The Balaban J connectivity index is 0.000000156. The molecule has 12 rings (SSSR count). The highest BCUT2D eigenvalue weighted by molar-refractivity contribution is 7.90. The fourth-order valence-electron chi connectivity index (χ4n) is 8.96. The summed E-state index contributed by atoms with van der Waals surface area (Å²) in [7, 11) is -6.84. The number of sulfone groups is 1. The third kappa shape index (κ3) is 15.0. The Hall–Kier alpha value is -10.2. The summed E-state index contributed by atoms with van der Waals surface area (Å²) in [5, 5.41) is 40.6. The number of aliphatic imine (C=N–C) groups is 6. The number of sulfonamides is 1. The first-order chi connectivity index (χ1) is 42.4. The van der Waals surface area contributed by atoms with E-state index in [4.69, 9.17) is 20.0 Å². The Labute approximate surface area is 502 Å². The second-order valence-corrected chi connectivity index (χ2v) is 23.1. The number of hydrogen-bond donors (Lipinski definition) is 2. The number of halogens is 9. The van der Waals surface area contributed by atoms with Crippen LogP contribution in [0.25, 0.3) is 0 Å². The summed E-state index contributed by atoms with van der Waals surface area (Å²) in [5.74, 6) is -11.8. The molecular weight excluding hydrogens is 1230 g/mol. The van der Waals surface area contributed by atoms with E-state index >= 15 is 0 Å². The van der Waals surface area contributed by atoms with E-state index in [2.05, 4.69) is 35.1 Å². The maximum Gasteiger partial charge on any atom is 0.209 e. The molecule has 0 unspecified atom stereocenters. The van der Waals surface area contributed by atoms with E-state index in [1.165, 1.54) is 12.1 Å². The van der Waals surface area contributed by atoms with Gasteiger partial charge in [-0.25, -0.2) is 76.5 Å². The zero-order valence-corrected chi connectivity index (χ0v) is 48.1. The van der Waals surface area contributed by atoms with Crippen molar-refractivity contribution in [1.29, 1.82) is 15.8 Å². The minimum absolute atomic E-state index is 0.0471. The largest absolute Gasteiger partial charge is 0.508 e. The molecule has 6 aliphatic rings. The molecular formula is C58H46F9N13O7S2. The van der Waals surface area contributed by atoms with Gasteiger partial charge in [0.1, 0.15) is 75.5 Å². The van der Waals surface area contributed by atoms with Crippen molar-refractivity contribution in [3.8, 4) is 47.0 Å². The molecule has 0 fully saturated rings. The number of aromatic hydroxyl groups is 1. The number of phenols is 1. The molecule has 0 bridgehead atoms. The normalized spacial score (nSPS) is 14.2. The van der Waals surface area contributed by atoms with Crippen LogP contribution in [-0.2, 0) is 25.6 Å². The molecule has 3 N–H and O–H groups in total. The zero-order chi connectivity index (χ0) is 64.5. The maximum absolute atomic E-state index is 14.6. The topological polar surface area (TPSA) is 288 Å². The molecule has 0 radical (unpaired) electrons. The Morgan fingerprint density at radius 1 is 0.517 bits per heavy atom. The molecule has 0 aliphatic carbocycles. The van der Waals surface area contributed by atoms with Gasteiger partial charge in [-0.05, 0) is 67.4 Å². The van der Waals surface area contributed by atoms with Crippen LogP contribution in [0.15, 0.2) is 103 Å². The Bertz CT molecular complexity index is 4350. The average Bonchev–Trinajstić information content (AvgIpc) is 2.91. The quantitative estimate of drug-likeness (QED) is 0.0954. The molecule has 0 amide bonds. The van der Waals surface area contributed by atoms with Crippen molar-refractivity contribution in [3.05, 3.63) is 164 Å². The van der Waals surface area contributed by atoms with Crippen LogP contribution in [-0.4, -0.2) is 124 Å². The summed E-state index contributed by atoms with van der Waals surface area (Å²) in [6.07, 6.45) is 6.10. The number of phenolic OH excluding ortho intramolecular Hbond substituents is 1. The van der Waals surface area contributed by atoms with E-state index in [1.54, 1.807) is 87.5 Å². The summed E-state index contributed by atoms with van der Waals surface area (Å²) in [4.78, 5) is 31.9. The summed E-state index contributed by atoms with van der Waals surface area (Å²) in [6.45, 7) is 7.78. The Morgan fingerprint density at radius 3 is 1.30 bits per heavy atom. The van der Waals surface area contributed by atoms with Crippen molar-refractivity contribution in [2.45, 2.75) is 32.4 Å². The average molecular weight is 1270 g/mol. The van der Waals surface area contributed by atoms with Crippen molar-refractivity contribution < 1.29 is 70.9 Å². The minimum Gasteiger partial charge on any atom is -0.508 e. The zero-order valence-electron chi connectivity index (χ0n) is 46.5. The number of nitrogens with zero attached hydrogens (tertiary/aromatic N) is 12. The van der Waals surface area contributed by atoms with E-state index in [0.717, 1.165) is 36.2 Å². The molecule has 0 atom stereocenters. The first-order valence-electron chi connectivity index (χ1n) is 26.4. The molecule has 6 heterocycles. The molecule has 89 heavy (non-hydrogen) atoms. The molecule has 0 spiro atoms. The highest BCUT2D eigenvalue weighted by atomic mass is 32.2. The number of hydrogen-bond acceptors (Lipinski definition) is 19. The van der Waals surface area contributed by atoms with Gasteiger partial charge < -0.3 is 29.3 Å². The number of benzene rings is 6. The number of fused-ring (bicyclic) bond motifs is 9. The van der Waals surface area contributed by atoms with E-state index in [0.29, 0.717) is 85.3 Å². The molecule has 31 heteroatoms. The molecule has 460 valence electrons. The van der Waals surface area contributed by atoms with Gasteiger partial charge in [0.05, 0.1) is 73.0 Å². The SMILES string of the molecule is CCCS(=O)(=O)Cc1c(F)cc(F)c(Oc2ccc3c(c2)C2=NCCN2C=N3)c1C#N.CCCS(N)(=O)=O.N#Cc1c(F)c(F)cc(F)c1F.N#Cc1c(F)c(F)cc(F)c1Oc1ccc2c(c1)C1=NCCN1C=N2.Oc1ccc2c(c1)C1=NCCN1C=N2. The van der Waals surface area contributed by atoms with Crippen molar-refractivity contribution in [2.24, 2.45) is 35.1 Å². The molecule has 0 saturated carbocycles. The lowest BCUT2D eigenvalue weighted by molar-refractivity contribution is 0.419. The van der Waals surface area contributed by atoms with E-state index < -0.39 is 112 Å². The van der Waals surface area contributed by atoms with Crippen LogP contribution in [0.5, 0.6) is 28.7 Å². The lowest BCUT2D eigenvalue weighted by Crippen LogP contribution is -2.29. The third-order valence-corrected chi connectivity index (χ3v) is 15.7. The standard InChI is InChI=1S/C21H18F2N4O3S.C17H9F3N4O.C10H9N3O.C7HF4N.C3H9NO2S/c1-2-7-31(28,29)11-16-15(10-24)20(18(23)9-17(16)22)30-13-3-4-19-14(8-13)21-25-5-6-27(21)12-26-19;18-12-6-13(19)16(11(7-21)15(12)20)25-9-1-2-14-10(5-9)17-22-3-4-24(17)8-23-14;14-7-1-2-9-8(5-7)10-11-3-4-13(10)6-12-9;8-4-1-5(9)7(11)3(2-12)6(4)10;1-2-3-7(4,5)6/h3-4,8-9,12H,2,5-7,11H2,1H3;1-2,5-6,8H,3-4H2;1-2,5-6,14H,3-4H2;1H;2-3H2,1H3,(H2,4,5,6). The number of ether oxygens (including phenoxy) is 2. The van der Waals surface area contributed by atoms with Gasteiger partial charge in [-0.15, -0.1) is 0 Å². The third-order valence-electron chi connectivity index (χ3n) is 12.9. The Kier molecular flexibility index (Phi) is 20.2. The van der Waals surface area contributed by atoms with Crippen LogP contribution in [0.4, 0.5) is 56.6 Å². The smallest absolute Gasteiger partial charge is 0.209 e. The highest BCUT2D eigenvalue weighted by Crippen LogP contribution is 2.38. The van der Waals surface area contributed by atoms with Gasteiger partial charge >= 0.3 is 0 Å². The fraction of sp³-hybridized carbons (Fsp3) is 0.224. The second kappa shape index (κ2) is 27.7. The summed E-state index contributed by atoms with van der Waals surface area (Å²) in [6, 6.07) is 19.8. The lowest BCUT2D eigenvalue weighted by Gasteiger charge is -2.21. The number of primary sulfonamides is 1. The van der Waals surface area contributed by atoms with Crippen molar-refractivity contribution in [3.63, 3.8) is 0 Å².